The summed E-state index contributed by atoms with van der Waals surface area (Å²) in [7, 11) is 1.69. The molecule has 1 aromatic carbocycles. The topological polar surface area (TPSA) is 24.9 Å². The highest BCUT2D eigenvalue weighted by molar-refractivity contribution is 9.25. The minimum absolute atomic E-state index is 0.0502. The highest BCUT2D eigenvalue weighted by Crippen LogP contribution is 2.38. The Hall–Kier alpha value is 0.0200. The summed E-state index contributed by atoms with van der Waals surface area (Å²) in [6, 6.07) is 5.90. The first-order chi connectivity index (χ1) is 8.11. The SMILES string of the molecule is COC1COc2ccc(N(Br)Br)cc2N(Br)C1. The molecule has 1 aliphatic heterocycles. The molecule has 0 fully saturated rings. The lowest BCUT2D eigenvalue weighted by Gasteiger charge is -2.19. The van der Waals surface area contributed by atoms with Crippen LogP contribution in [0, 0.1) is 0 Å². The van der Waals surface area contributed by atoms with Crippen LogP contribution in [-0.4, -0.2) is 26.4 Å². The number of hydrogen-bond donors (Lipinski definition) is 0. The Morgan fingerprint density at radius 1 is 1.47 bits per heavy atom. The standard InChI is InChI=1S/C10H11Br3N2O2/c1-16-8-5-14(11)9-4-7(15(12)13)2-3-10(9)17-6-8/h2-4,8H,5-6H2,1H3. The van der Waals surface area contributed by atoms with Gasteiger partial charge < -0.3 is 13.4 Å². The van der Waals surface area contributed by atoms with Crippen molar-refractivity contribution in [2.24, 2.45) is 0 Å². The van der Waals surface area contributed by atoms with E-state index >= 15 is 0 Å². The molecule has 1 aliphatic rings. The van der Waals surface area contributed by atoms with Crippen LogP contribution >= 0.6 is 48.4 Å². The van der Waals surface area contributed by atoms with Gasteiger partial charge in [-0.1, -0.05) is 0 Å². The summed E-state index contributed by atoms with van der Waals surface area (Å²) in [6.07, 6.45) is 0.0502. The molecule has 0 bridgehead atoms. The molecule has 0 aromatic heterocycles. The number of anilines is 2. The maximum Gasteiger partial charge on any atom is 0.143 e. The number of rotatable bonds is 2. The number of benzene rings is 1. The normalized spacial score (nSPS) is 19.3. The van der Waals surface area contributed by atoms with E-state index in [9.17, 15) is 0 Å². The molecule has 0 spiro atoms. The van der Waals surface area contributed by atoms with Crippen molar-refractivity contribution in [3.8, 4) is 5.75 Å². The van der Waals surface area contributed by atoms with E-state index in [2.05, 4.69) is 48.4 Å². The van der Waals surface area contributed by atoms with Crippen molar-refractivity contribution in [1.82, 2.24) is 0 Å². The van der Waals surface area contributed by atoms with E-state index in [-0.39, 0.29) is 6.10 Å². The van der Waals surface area contributed by atoms with Crippen molar-refractivity contribution in [3.63, 3.8) is 0 Å². The van der Waals surface area contributed by atoms with Gasteiger partial charge in [-0.05, 0) is 18.2 Å². The lowest BCUT2D eigenvalue weighted by Crippen LogP contribution is -2.28. The van der Waals surface area contributed by atoms with Crippen LogP contribution in [0.1, 0.15) is 0 Å². The van der Waals surface area contributed by atoms with Gasteiger partial charge in [0.25, 0.3) is 0 Å². The fourth-order valence-electron chi connectivity index (χ4n) is 1.58. The van der Waals surface area contributed by atoms with Crippen LogP contribution in [0.15, 0.2) is 18.2 Å². The van der Waals surface area contributed by atoms with Crippen LogP contribution in [0.4, 0.5) is 11.4 Å². The van der Waals surface area contributed by atoms with Gasteiger partial charge >= 0.3 is 0 Å². The highest BCUT2D eigenvalue weighted by atomic mass is 79.9. The van der Waals surface area contributed by atoms with E-state index in [1.165, 1.54) is 0 Å². The molecule has 1 atom stereocenters. The second-order valence-electron chi connectivity index (χ2n) is 3.60. The average molecular weight is 431 g/mol. The Kier molecular flexibility index (Phi) is 4.57. The van der Waals surface area contributed by atoms with Gasteiger partial charge in [-0.15, -0.1) is 0 Å². The fourth-order valence-corrected chi connectivity index (χ4v) is 2.62. The number of nitrogens with zero attached hydrogens (tertiary/aromatic N) is 2. The zero-order valence-electron chi connectivity index (χ0n) is 9.07. The number of halogens is 3. The summed E-state index contributed by atoms with van der Waals surface area (Å²) in [5.41, 5.74) is 1.96. The van der Waals surface area contributed by atoms with Crippen LogP contribution in [0.5, 0.6) is 5.75 Å². The third kappa shape index (κ3) is 3.07. The number of ether oxygens (including phenoxy) is 2. The lowest BCUT2D eigenvalue weighted by atomic mass is 10.2. The lowest BCUT2D eigenvalue weighted by molar-refractivity contribution is 0.0696. The Morgan fingerprint density at radius 3 is 2.88 bits per heavy atom. The van der Waals surface area contributed by atoms with Crippen molar-refractivity contribution in [3.05, 3.63) is 18.2 Å². The Morgan fingerprint density at radius 2 is 2.24 bits per heavy atom. The van der Waals surface area contributed by atoms with Crippen LogP contribution < -0.4 is 11.6 Å². The van der Waals surface area contributed by atoms with Gasteiger partial charge in [0.15, 0.2) is 0 Å². The first-order valence-corrected chi connectivity index (χ1v) is 7.09. The predicted octanol–water partition coefficient (Wildman–Crippen LogP) is 3.64. The Balaban J connectivity index is 2.31. The number of hydrogen-bond acceptors (Lipinski definition) is 4. The molecule has 1 aromatic rings. The van der Waals surface area contributed by atoms with Crippen molar-refractivity contribution >= 4 is 59.8 Å². The largest absolute Gasteiger partial charge is 0.489 e. The van der Waals surface area contributed by atoms with Crippen LogP contribution in [0.2, 0.25) is 0 Å². The fraction of sp³-hybridized carbons (Fsp3) is 0.400. The van der Waals surface area contributed by atoms with Crippen molar-refractivity contribution in [1.29, 1.82) is 0 Å². The summed E-state index contributed by atoms with van der Waals surface area (Å²) in [4.78, 5) is 0. The summed E-state index contributed by atoms with van der Waals surface area (Å²) >= 11 is 10.2. The second kappa shape index (κ2) is 5.77. The van der Waals surface area contributed by atoms with E-state index in [4.69, 9.17) is 9.47 Å². The van der Waals surface area contributed by atoms with Crippen molar-refractivity contribution < 1.29 is 9.47 Å². The van der Waals surface area contributed by atoms with E-state index in [0.717, 1.165) is 23.7 Å². The number of methoxy groups -OCH3 is 1. The van der Waals surface area contributed by atoms with E-state index in [0.29, 0.717) is 6.61 Å². The highest BCUT2D eigenvalue weighted by Gasteiger charge is 2.22. The molecule has 0 saturated carbocycles. The molecule has 0 saturated heterocycles. The number of fused-ring (bicyclic) bond motifs is 1. The van der Waals surface area contributed by atoms with E-state index < -0.39 is 0 Å². The van der Waals surface area contributed by atoms with Crippen LogP contribution in [0.3, 0.4) is 0 Å². The predicted molar refractivity (Wildman–Crippen MR) is 79.3 cm³/mol. The van der Waals surface area contributed by atoms with Gasteiger partial charge in [0.1, 0.15) is 18.5 Å². The molecule has 2 rings (SSSR count). The Labute approximate surface area is 126 Å². The summed E-state index contributed by atoms with van der Waals surface area (Å²) in [6.45, 7) is 1.29. The second-order valence-corrected chi connectivity index (χ2v) is 6.82. The summed E-state index contributed by atoms with van der Waals surface area (Å²) in [5, 5.41) is 0. The monoisotopic (exact) mass is 428 g/mol. The molecule has 4 nitrogen and oxygen atoms in total. The molecule has 0 aliphatic carbocycles. The third-order valence-corrected chi connectivity index (χ3v) is 4.01. The maximum absolute atomic E-state index is 5.71. The van der Waals surface area contributed by atoms with E-state index in [1.54, 1.807) is 10.1 Å². The summed E-state index contributed by atoms with van der Waals surface area (Å²) < 4.78 is 14.7. The molecule has 94 valence electrons. The zero-order valence-corrected chi connectivity index (χ0v) is 13.8. The minimum Gasteiger partial charge on any atom is -0.489 e. The molecule has 0 N–H and O–H groups in total. The van der Waals surface area contributed by atoms with Gasteiger partial charge in [-0.3, -0.25) is 0 Å². The average Bonchev–Trinajstić information content (AvgIpc) is 2.48. The van der Waals surface area contributed by atoms with Crippen molar-refractivity contribution in [2.75, 3.05) is 27.1 Å². The molecule has 1 unspecified atom stereocenters. The molecule has 7 heteroatoms. The van der Waals surface area contributed by atoms with Gasteiger partial charge in [0, 0.05) is 23.3 Å². The first-order valence-electron chi connectivity index (χ1n) is 4.96. The smallest absolute Gasteiger partial charge is 0.143 e. The first kappa shape index (κ1) is 13.5. The molecular weight excluding hydrogens is 420 g/mol. The van der Waals surface area contributed by atoms with Gasteiger partial charge in [-0.2, -0.15) is 0 Å². The van der Waals surface area contributed by atoms with Gasteiger partial charge in [0.2, 0.25) is 0 Å². The van der Waals surface area contributed by atoms with E-state index in [1.807, 2.05) is 22.1 Å². The summed E-state index contributed by atoms with van der Waals surface area (Å²) in [5.74, 6) is 0.840. The zero-order chi connectivity index (χ0) is 12.4. The van der Waals surface area contributed by atoms with Crippen LogP contribution in [-0.2, 0) is 4.74 Å². The van der Waals surface area contributed by atoms with Crippen molar-refractivity contribution in [2.45, 2.75) is 6.10 Å². The van der Waals surface area contributed by atoms with Gasteiger partial charge in [-0.25, -0.2) is 2.95 Å². The Bertz CT molecular complexity index is 403. The molecule has 1 heterocycles. The molecule has 0 amide bonds. The molecule has 0 radical (unpaired) electrons. The maximum atomic E-state index is 5.71. The van der Waals surface area contributed by atoms with Gasteiger partial charge in [0.05, 0.1) is 50.2 Å². The minimum atomic E-state index is 0.0502. The van der Waals surface area contributed by atoms with Crippen LogP contribution in [0.25, 0.3) is 0 Å². The molecule has 17 heavy (non-hydrogen) atoms. The third-order valence-electron chi connectivity index (χ3n) is 2.52. The quantitative estimate of drug-likeness (QED) is 0.669. The molecular formula is C10H11Br3N2O2.